The highest BCUT2D eigenvalue weighted by Crippen LogP contribution is 2.32. The fourth-order valence-electron chi connectivity index (χ4n) is 3.23. The van der Waals surface area contributed by atoms with Gasteiger partial charge in [0.15, 0.2) is 10.9 Å². The van der Waals surface area contributed by atoms with Crippen LogP contribution in [-0.2, 0) is 6.54 Å². The van der Waals surface area contributed by atoms with Crippen LogP contribution in [0, 0.1) is 6.92 Å². The Bertz CT molecular complexity index is 1290. The molecule has 0 spiro atoms. The fourth-order valence-corrected chi connectivity index (χ4v) is 5.33. The highest BCUT2D eigenvalue weighted by molar-refractivity contribution is 7.99. The van der Waals surface area contributed by atoms with Gasteiger partial charge in [-0.05, 0) is 49.2 Å². The van der Waals surface area contributed by atoms with E-state index >= 15 is 0 Å². The number of Topliss-reactive ketones (excluding diaryl/α,β-unsaturated/α-hetero) is 1. The normalized spacial score (nSPS) is 11.2. The van der Waals surface area contributed by atoms with Crippen LogP contribution in [0.2, 0.25) is 5.02 Å². The van der Waals surface area contributed by atoms with Gasteiger partial charge in [-0.1, -0.05) is 60.1 Å². The number of carbonyl (C=O) groups is 1. The zero-order valence-corrected chi connectivity index (χ0v) is 19.6. The standard InChI is InChI=1S/C24H21ClN2O2S2/c1-3-12-27-23(29)22-19(13-21(31-22)17-6-4-15(2)5-7-17)26-24(27)30-14-20(28)16-8-10-18(25)11-9-16/h4-11,13H,3,12,14H2,1-2H3. The maximum Gasteiger partial charge on any atom is 0.272 e. The topological polar surface area (TPSA) is 52.0 Å². The van der Waals surface area contributed by atoms with Gasteiger partial charge in [-0.2, -0.15) is 0 Å². The van der Waals surface area contributed by atoms with Gasteiger partial charge in [-0.25, -0.2) is 4.98 Å². The molecule has 0 fully saturated rings. The first-order valence-corrected chi connectivity index (χ1v) is 12.2. The molecule has 2 aromatic heterocycles. The molecule has 158 valence electrons. The first kappa shape index (κ1) is 21.8. The molecule has 0 aliphatic rings. The van der Waals surface area contributed by atoms with Crippen molar-refractivity contribution in [2.75, 3.05) is 5.75 Å². The lowest BCUT2D eigenvalue weighted by atomic mass is 10.1. The molecule has 4 aromatic rings. The molecule has 0 N–H and O–H groups in total. The molecule has 4 nitrogen and oxygen atoms in total. The molecule has 0 atom stereocenters. The minimum Gasteiger partial charge on any atom is -0.293 e. The number of halogens is 1. The van der Waals surface area contributed by atoms with E-state index in [-0.39, 0.29) is 17.1 Å². The molecule has 0 saturated carbocycles. The van der Waals surface area contributed by atoms with Gasteiger partial charge in [0, 0.05) is 22.0 Å². The molecule has 0 unspecified atom stereocenters. The quantitative estimate of drug-likeness (QED) is 0.177. The summed E-state index contributed by atoms with van der Waals surface area (Å²) in [6.07, 6.45) is 0.808. The maximum absolute atomic E-state index is 13.2. The van der Waals surface area contributed by atoms with Crippen LogP contribution in [0.4, 0.5) is 0 Å². The number of rotatable bonds is 7. The van der Waals surface area contributed by atoms with Crippen LogP contribution in [-0.4, -0.2) is 21.1 Å². The molecule has 0 saturated heterocycles. The molecule has 0 radical (unpaired) electrons. The summed E-state index contributed by atoms with van der Waals surface area (Å²) < 4.78 is 2.34. The van der Waals surface area contributed by atoms with E-state index in [0.29, 0.717) is 32.5 Å². The molecule has 2 heterocycles. The van der Waals surface area contributed by atoms with Crippen LogP contribution >= 0.6 is 34.7 Å². The Morgan fingerprint density at radius 1 is 1.13 bits per heavy atom. The monoisotopic (exact) mass is 468 g/mol. The number of nitrogens with zero attached hydrogens (tertiary/aromatic N) is 2. The maximum atomic E-state index is 13.2. The van der Waals surface area contributed by atoms with Crippen LogP contribution in [0.1, 0.15) is 29.3 Å². The molecule has 4 rings (SSSR count). The molecular weight excluding hydrogens is 448 g/mol. The minimum absolute atomic E-state index is 0.0234. The third kappa shape index (κ3) is 4.76. The van der Waals surface area contributed by atoms with Crippen molar-refractivity contribution in [2.45, 2.75) is 32.0 Å². The number of benzene rings is 2. The van der Waals surface area contributed by atoms with Crippen molar-refractivity contribution < 1.29 is 4.79 Å². The summed E-state index contributed by atoms with van der Waals surface area (Å²) in [7, 11) is 0. The third-order valence-electron chi connectivity index (χ3n) is 4.88. The molecule has 0 aliphatic heterocycles. The second-order valence-electron chi connectivity index (χ2n) is 7.26. The molecular formula is C24H21ClN2O2S2. The fraction of sp³-hybridized carbons (Fsp3) is 0.208. The van der Waals surface area contributed by atoms with Gasteiger partial charge in [0.2, 0.25) is 0 Å². The van der Waals surface area contributed by atoms with Gasteiger partial charge < -0.3 is 0 Å². The summed E-state index contributed by atoms with van der Waals surface area (Å²) in [5.41, 5.74) is 3.50. The van der Waals surface area contributed by atoms with Crippen LogP contribution < -0.4 is 5.56 Å². The first-order valence-electron chi connectivity index (χ1n) is 9.99. The van der Waals surface area contributed by atoms with Gasteiger partial charge in [0.1, 0.15) is 4.70 Å². The highest BCUT2D eigenvalue weighted by atomic mass is 35.5. The van der Waals surface area contributed by atoms with Gasteiger partial charge in [-0.3, -0.25) is 14.2 Å². The second kappa shape index (κ2) is 9.39. The van der Waals surface area contributed by atoms with Crippen molar-refractivity contribution in [3.63, 3.8) is 0 Å². The van der Waals surface area contributed by atoms with Crippen LogP contribution in [0.5, 0.6) is 0 Å². The molecule has 0 bridgehead atoms. The summed E-state index contributed by atoms with van der Waals surface area (Å²) >= 11 is 8.68. The van der Waals surface area contributed by atoms with Gasteiger partial charge in [-0.15, -0.1) is 11.3 Å². The Labute approximate surface area is 193 Å². The van der Waals surface area contributed by atoms with E-state index in [0.717, 1.165) is 16.9 Å². The number of hydrogen-bond donors (Lipinski definition) is 0. The van der Waals surface area contributed by atoms with Crippen LogP contribution in [0.3, 0.4) is 0 Å². The number of thiophene rings is 1. The van der Waals surface area contributed by atoms with E-state index in [2.05, 4.69) is 31.2 Å². The molecule has 31 heavy (non-hydrogen) atoms. The van der Waals surface area contributed by atoms with E-state index in [1.54, 1.807) is 28.8 Å². The molecule has 2 aromatic carbocycles. The minimum atomic E-state index is -0.0448. The Kier molecular flexibility index (Phi) is 6.60. The van der Waals surface area contributed by atoms with Crippen molar-refractivity contribution in [3.8, 4) is 10.4 Å². The molecule has 0 aliphatic carbocycles. The Morgan fingerprint density at radius 3 is 2.52 bits per heavy atom. The van der Waals surface area contributed by atoms with E-state index in [1.807, 2.05) is 13.0 Å². The number of carbonyl (C=O) groups excluding carboxylic acids is 1. The van der Waals surface area contributed by atoms with Crippen molar-refractivity contribution in [1.82, 2.24) is 9.55 Å². The highest BCUT2D eigenvalue weighted by Gasteiger charge is 2.16. The van der Waals surface area contributed by atoms with Gasteiger partial charge in [0.05, 0.1) is 11.3 Å². The Hall–Kier alpha value is -2.41. The second-order valence-corrected chi connectivity index (χ2v) is 9.69. The summed E-state index contributed by atoms with van der Waals surface area (Å²) in [6.45, 7) is 4.64. The number of aromatic nitrogens is 2. The molecule has 0 amide bonds. The van der Waals surface area contributed by atoms with Crippen LogP contribution in [0.25, 0.3) is 20.7 Å². The Morgan fingerprint density at radius 2 is 1.84 bits per heavy atom. The number of thioether (sulfide) groups is 1. The van der Waals surface area contributed by atoms with Crippen LogP contribution in [0.15, 0.2) is 64.5 Å². The first-order chi connectivity index (χ1) is 15.0. The van der Waals surface area contributed by atoms with Gasteiger partial charge in [0.25, 0.3) is 5.56 Å². The lowest BCUT2D eigenvalue weighted by Crippen LogP contribution is -2.22. The predicted octanol–water partition coefficient (Wildman–Crippen LogP) is 6.47. The average Bonchev–Trinajstić information content (AvgIpc) is 3.20. The summed E-state index contributed by atoms with van der Waals surface area (Å²) in [5.74, 6) is 0.183. The lowest BCUT2D eigenvalue weighted by molar-refractivity contribution is 0.102. The van der Waals surface area contributed by atoms with E-state index < -0.39 is 0 Å². The number of ketones is 1. The summed E-state index contributed by atoms with van der Waals surface area (Å²) in [4.78, 5) is 31.6. The van der Waals surface area contributed by atoms with E-state index in [4.69, 9.17) is 16.6 Å². The van der Waals surface area contributed by atoms with Crippen molar-refractivity contribution in [2.24, 2.45) is 0 Å². The average molecular weight is 469 g/mol. The number of hydrogen-bond acceptors (Lipinski definition) is 5. The van der Waals surface area contributed by atoms with Crippen molar-refractivity contribution in [3.05, 3.63) is 81.1 Å². The summed E-state index contributed by atoms with van der Waals surface area (Å²) in [5, 5.41) is 1.17. The van der Waals surface area contributed by atoms with Gasteiger partial charge >= 0.3 is 0 Å². The zero-order valence-electron chi connectivity index (χ0n) is 17.2. The lowest BCUT2D eigenvalue weighted by Gasteiger charge is -2.10. The van der Waals surface area contributed by atoms with Crippen molar-refractivity contribution in [1.29, 1.82) is 0 Å². The number of fused-ring (bicyclic) bond motifs is 1. The zero-order chi connectivity index (χ0) is 22.0. The smallest absolute Gasteiger partial charge is 0.272 e. The third-order valence-corrected chi connectivity index (χ3v) is 7.27. The SMILES string of the molecule is CCCn1c(SCC(=O)c2ccc(Cl)cc2)nc2cc(-c3ccc(C)cc3)sc2c1=O. The largest absolute Gasteiger partial charge is 0.293 e. The van der Waals surface area contributed by atoms with Crippen molar-refractivity contribution >= 4 is 50.7 Å². The molecule has 7 heteroatoms. The van der Waals surface area contributed by atoms with E-state index in [1.165, 1.54) is 28.7 Å². The predicted molar refractivity (Wildman–Crippen MR) is 131 cm³/mol. The Balaban J connectivity index is 1.67. The van der Waals surface area contributed by atoms with E-state index in [9.17, 15) is 9.59 Å². The summed E-state index contributed by atoms with van der Waals surface area (Å²) in [6, 6.07) is 17.0. The number of aryl methyl sites for hydroxylation is 1.